The maximum Gasteiger partial charge on any atom is 0.0842 e. The van der Waals surface area contributed by atoms with Gasteiger partial charge in [0.15, 0.2) is 0 Å². The molecule has 76 valence electrons. The van der Waals surface area contributed by atoms with Gasteiger partial charge in [-0.05, 0) is 12.3 Å². The van der Waals surface area contributed by atoms with Crippen LogP contribution in [0, 0.1) is 5.92 Å². The van der Waals surface area contributed by atoms with Crippen molar-refractivity contribution >= 4 is 0 Å². The summed E-state index contributed by atoms with van der Waals surface area (Å²) in [6, 6.07) is 0. The largest absolute Gasteiger partial charge is 0.373 e. The van der Waals surface area contributed by atoms with Crippen LogP contribution in [0.4, 0.5) is 0 Å². The maximum absolute atomic E-state index is 5.68. The van der Waals surface area contributed by atoms with Crippen molar-refractivity contribution in [2.75, 3.05) is 26.2 Å². The van der Waals surface area contributed by atoms with Gasteiger partial charge in [0.2, 0.25) is 0 Å². The molecule has 0 aromatic rings. The molecular formula is C11H21NO. The van der Waals surface area contributed by atoms with E-state index in [-0.39, 0.29) is 0 Å². The highest BCUT2D eigenvalue weighted by molar-refractivity contribution is 4.96. The topological polar surface area (TPSA) is 12.5 Å². The Balaban J connectivity index is 1.78. The summed E-state index contributed by atoms with van der Waals surface area (Å²) < 4.78 is 5.68. The molecule has 13 heavy (non-hydrogen) atoms. The number of ether oxygens (including phenoxy) is 1. The van der Waals surface area contributed by atoms with Crippen molar-refractivity contribution in [1.29, 1.82) is 0 Å². The van der Waals surface area contributed by atoms with Crippen molar-refractivity contribution in [3.8, 4) is 0 Å². The van der Waals surface area contributed by atoms with Crippen LogP contribution >= 0.6 is 0 Å². The van der Waals surface area contributed by atoms with Crippen molar-refractivity contribution in [1.82, 2.24) is 4.90 Å². The lowest BCUT2D eigenvalue weighted by atomic mass is 9.94. The van der Waals surface area contributed by atoms with Gasteiger partial charge in [-0.15, -0.1) is 0 Å². The fourth-order valence-corrected chi connectivity index (χ4v) is 2.37. The van der Waals surface area contributed by atoms with Crippen LogP contribution in [-0.4, -0.2) is 36.7 Å². The molecule has 2 aliphatic rings. The molecule has 2 saturated heterocycles. The lowest BCUT2D eigenvalue weighted by molar-refractivity contribution is -0.137. The molecule has 2 heterocycles. The second-order valence-corrected chi connectivity index (χ2v) is 4.78. The Bertz CT molecular complexity index is 177. The van der Waals surface area contributed by atoms with E-state index in [2.05, 4.69) is 18.7 Å². The molecule has 0 saturated carbocycles. The van der Waals surface area contributed by atoms with Gasteiger partial charge in [-0.25, -0.2) is 0 Å². The van der Waals surface area contributed by atoms with Gasteiger partial charge in [-0.3, -0.25) is 0 Å². The molecule has 0 aromatic heterocycles. The quantitative estimate of drug-likeness (QED) is 0.662. The predicted octanol–water partition coefficient (Wildman–Crippen LogP) is 1.90. The van der Waals surface area contributed by atoms with Crippen molar-refractivity contribution < 1.29 is 4.74 Å². The van der Waals surface area contributed by atoms with Crippen LogP contribution in [0.1, 0.15) is 33.1 Å². The van der Waals surface area contributed by atoms with E-state index < -0.39 is 0 Å². The van der Waals surface area contributed by atoms with Crippen LogP contribution in [0.25, 0.3) is 0 Å². The van der Waals surface area contributed by atoms with E-state index in [0.29, 0.717) is 5.60 Å². The molecule has 1 spiro atoms. The zero-order chi connectivity index (χ0) is 9.31. The Morgan fingerprint density at radius 1 is 1.46 bits per heavy atom. The first-order valence-corrected chi connectivity index (χ1v) is 5.60. The molecule has 2 aliphatic heterocycles. The van der Waals surface area contributed by atoms with Gasteiger partial charge in [0.25, 0.3) is 0 Å². The lowest BCUT2D eigenvalue weighted by Crippen LogP contribution is -2.46. The molecule has 2 rings (SSSR count). The molecule has 2 nitrogen and oxygen atoms in total. The third-order valence-corrected chi connectivity index (χ3v) is 3.63. The van der Waals surface area contributed by atoms with Gasteiger partial charge < -0.3 is 9.64 Å². The smallest absolute Gasteiger partial charge is 0.0842 e. The summed E-state index contributed by atoms with van der Waals surface area (Å²) in [6.45, 7) is 9.32. The molecule has 2 heteroatoms. The average Bonchev–Trinajstić information content (AvgIpc) is 2.48. The summed E-state index contributed by atoms with van der Waals surface area (Å²) in [4.78, 5) is 2.58. The van der Waals surface area contributed by atoms with Gasteiger partial charge in [0, 0.05) is 26.1 Å². The Kier molecular flexibility index (Phi) is 2.61. The third kappa shape index (κ3) is 1.89. The first-order chi connectivity index (χ1) is 6.24. The van der Waals surface area contributed by atoms with E-state index in [9.17, 15) is 0 Å². The Labute approximate surface area is 81.3 Å². The highest BCUT2D eigenvalue weighted by atomic mass is 16.5. The van der Waals surface area contributed by atoms with E-state index in [1.54, 1.807) is 0 Å². The van der Waals surface area contributed by atoms with E-state index in [4.69, 9.17) is 4.74 Å². The third-order valence-electron chi connectivity index (χ3n) is 3.63. The molecular weight excluding hydrogens is 162 g/mol. The fourth-order valence-electron chi connectivity index (χ4n) is 2.37. The van der Waals surface area contributed by atoms with Crippen molar-refractivity contribution in [3.63, 3.8) is 0 Å². The second kappa shape index (κ2) is 3.58. The molecule has 0 aliphatic carbocycles. The summed E-state index contributed by atoms with van der Waals surface area (Å²) in [7, 11) is 0. The minimum atomic E-state index is 0.299. The highest BCUT2D eigenvalue weighted by Crippen LogP contribution is 2.36. The number of nitrogens with zero attached hydrogens (tertiary/aromatic N) is 1. The number of hydrogen-bond donors (Lipinski definition) is 0. The van der Waals surface area contributed by atoms with E-state index in [1.807, 2.05) is 0 Å². The summed E-state index contributed by atoms with van der Waals surface area (Å²) in [5.41, 5.74) is 0.299. The number of rotatable bonds is 3. The Morgan fingerprint density at radius 2 is 2.23 bits per heavy atom. The zero-order valence-electron chi connectivity index (χ0n) is 8.88. The van der Waals surface area contributed by atoms with E-state index in [1.165, 1.54) is 38.9 Å². The molecule has 0 amide bonds. The van der Waals surface area contributed by atoms with Crippen LogP contribution in [0.5, 0.6) is 0 Å². The summed E-state index contributed by atoms with van der Waals surface area (Å²) >= 11 is 0. The van der Waals surface area contributed by atoms with Crippen LogP contribution in [0.3, 0.4) is 0 Å². The molecule has 0 bridgehead atoms. The minimum absolute atomic E-state index is 0.299. The van der Waals surface area contributed by atoms with Crippen LogP contribution in [-0.2, 0) is 4.74 Å². The lowest BCUT2D eigenvalue weighted by Gasteiger charge is -2.38. The predicted molar refractivity (Wildman–Crippen MR) is 53.8 cm³/mol. The van der Waals surface area contributed by atoms with Crippen LogP contribution in [0.2, 0.25) is 0 Å². The van der Waals surface area contributed by atoms with E-state index >= 15 is 0 Å². The van der Waals surface area contributed by atoms with Gasteiger partial charge >= 0.3 is 0 Å². The van der Waals surface area contributed by atoms with E-state index in [0.717, 1.165) is 12.5 Å². The number of hydrogen-bond acceptors (Lipinski definition) is 2. The van der Waals surface area contributed by atoms with Crippen molar-refractivity contribution in [2.45, 2.75) is 38.7 Å². The molecule has 0 radical (unpaired) electrons. The summed E-state index contributed by atoms with van der Waals surface area (Å²) in [5.74, 6) is 0.843. The Morgan fingerprint density at radius 3 is 2.69 bits per heavy atom. The van der Waals surface area contributed by atoms with Gasteiger partial charge in [-0.2, -0.15) is 0 Å². The average molecular weight is 183 g/mol. The van der Waals surface area contributed by atoms with Crippen molar-refractivity contribution in [3.05, 3.63) is 0 Å². The summed E-state index contributed by atoms with van der Waals surface area (Å²) in [5, 5.41) is 0. The summed E-state index contributed by atoms with van der Waals surface area (Å²) in [6.07, 6.45) is 3.86. The zero-order valence-corrected chi connectivity index (χ0v) is 8.88. The highest BCUT2D eigenvalue weighted by Gasteiger charge is 2.44. The van der Waals surface area contributed by atoms with Gasteiger partial charge in [-0.1, -0.05) is 20.3 Å². The first kappa shape index (κ1) is 9.47. The monoisotopic (exact) mass is 183 g/mol. The molecule has 1 unspecified atom stereocenters. The minimum Gasteiger partial charge on any atom is -0.373 e. The molecule has 0 aromatic carbocycles. The molecule has 0 N–H and O–H groups in total. The molecule has 2 fully saturated rings. The second-order valence-electron chi connectivity index (χ2n) is 4.78. The fraction of sp³-hybridized carbons (Fsp3) is 1.00. The van der Waals surface area contributed by atoms with Crippen molar-refractivity contribution in [2.24, 2.45) is 5.92 Å². The maximum atomic E-state index is 5.68. The SMILES string of the molecule is CCC(C)CN1CC[C@@]2(CCO2)C1. The standard InChI is InChI=1S/C11H21NO/c1-3-10(2)8-12-6-4-11(9-12)5-7-13-11/h10H,3-9H2,1-2H3/t10?,11-/m1/s1. The van der Waals surface area contributed by atoms with Crippen LogP contribution in [0.15, 0.2) is 0 Å². The number of likely N-dealkylation sites (tertiary alicyclic amines) is 1. The van der Waals surface area contributed by atoms with Gasteiger partial charge in [0.1, 0.15) is 0 Å². The normalized spacial score (nSPS) is 36.5. The van der Waals surface area contributed by atoms with Gasteiger partial charge in [0.05, 0.1) is 12.2 Å². The molecule has 2 atom stereocenters. The Hall–Kier alpha value is -0.0800. The van der Waals surface area contributed by atoms with Crippen LogP contribution < -0.4 is 0 Å². The first-order valence-electron chi connectivity index (χ1n) is 5.60.